The predicted molar refractivity (Wildman–Crippen MR) is 86.0 cm³/mol. The van der Waals surface area contributed by atoms with E-state index in [0.29, 0.717) is 22.6 Å². The summed E-state index contributed by atoms with van der Waals surface area (Å²) in [5, 5.41) is 4.63. The lowest BCUT2D eigenvalue weighted by Gasteiger charge is -2.04. The first-order chi connectivity index (χ1) is 11.7. The summed E-state index contributed by atoms with van der Waals surface area (Å²) in [7, 11) is 1.55. The zero-order valence-corrected chi connectivity index (χ0v) is 13.0. The van der Waals surface area contributed by atoms with Crippen LogP contribution in [0.1, 0.15) is 16.1 Å². The van der Waals surface area contributed by atoms with Crippen molar-refractivity contribution in [1.29, 1.82) is 0 Å². The molecule has 6 heteroatoms. The molecule has 0 bridgehead atoms. The Kier molecular flexibility index (Phi) is 4.56. The number of hydrogen-bond acceptors (Lipinski definition) is 6. The van der Waals surface area contributed by atoms with Gasteiger partial charge < -0.3 is 14.0 Å². The van der Waals surface area contributed by atoms with E-state index < -0.39 is 5.97 Å². The summed E-state index contributed by atoms with van der Waals surface area (Å²) in [5.74, 6) is -0.159. The molecule has 3 aromatic rings. The van der Waals surface area contributed by atoms with Gasteiger partial charge in [-0.15, -0.1) is 0 Å². The van der Waals surface area contributed by atoms with E-state index in [1.165, 1.54) is 0 Å². The van der Waals surface area contributed by atoms with E-state index in [-0.39, 0.29) is 18.8 Å². The summed E-state index contributed by atoms with van der Waals surface area (Å²) in [5.41, 5.74) is 1.55. The van der Waals surface area contributed by atoms with Gasteiger partial charge >= 0.3 is 5.97 Å². The van der Waals surface area contributed by atoms with Gasteiger partial charge in [0.15, 0.2) is 18.0 Å². The highest BCUT2D eigenvalue weighted by atomic mass is 16.5. The summed E-state index contributed by atoms with van der Waals surface area (Å²) in [6, 6.07) is 13.8. The number of nitrogens with zero attached hydrogens (tertiary/aromatic N) is 1. The highest BCUT2D eigenvalue weighted by Gasteiger charge is 2.15. The van der Waals surface area contributed by atoms with Crippen LogP contribution in [0.3, 0.4) is 0 Å². The number of carbonyl (C=O) groups excluding carboxylic acids is 2. The fourth-order valence-corrected chi connectivity index (χ4v) is 2.26. The summed E-state index contributed by atoms with van der Waals surface area (Å²) in [6.45, 7) is -0.319. The maximum atomic E-state index is 12.0. The molecule has 1 heterocycles. The fourth-order valence-electron chi connectivity index (χ4n) is 2.26. The number of benzene rings is 2. The minimum atomic E-state index is -0.532. The molecular formula is C18H15NO5. The molecule has 122 valence electrons. The van der Waals surface area contributed by atoms with Crippen molar-refractivity contribution in [2.75, 3.05) is 13.7 Å². The largest absolute Gasteiger partial charge is 0.497 e. The topological polar surface area (TPSA) is 78.6 Å². The van der Waals surface area contributed by atoms with Crippen LogP contribution in [0.2, 0.25) is 0 Å². The third kappa shape index (κ3) is 3.43. The first-order valence-corrected chi connectivity index (χ1v) is 7.33. The molecule has 0 aliphatic heterocycles. The van der Waals surface area contributed by atoms with Gasteiger partial charge in [-0.2, -0.15) is 0 Å². The van der Waals surface area contributed by atoms with Crippen LogP contribution in [0.4, 0.5) is 0 Å². The van der Waals surface area contributed by atoms with Crippen molar-refractivity contribution < 1.29 is 23.6 Å². The third-order valence-corrected chi connectivity index (χ3v) is 3.54. The van der Waals surface area contributed by atoms with Crippen LogP contribution in [-0.4, -0.2) is 30.6 Å². The maximum Gasteiger partial charge on any atom is 0.312 e. The number of rotatable bonds is 6. The highest BCUT2D eigenvalue weighted by Crippen LogP contribution is 2.18. The van der Waals surface area contributed by atoms with Crippen molar-refractivity contribution in [3.63, 3.8) is 0 Å². The van der Waals surface area contributed by atoms with Crippen LogP contribution in [0.5, 0.6) is 5.75 Å². The number of hydrogen-bond donors (Lipinski definition) is 0. The van der Waals surface area contributed by atoms with Crippen LogP contribution < -0.4 is 4.74 Å². The number of methoxy groups -OCH3 is 1. The van der Waals surface area contributed by atoms with Crippen molar-refractivity contribution in [3.05, 3.63) is 59.8 Å². The van der Waals surface area contributed by atoms with Gasteiger partial charge in [0.05, 0.1) is 13.5 Å². The molecule has 0 fully saturated rings. The van der Waals surface area contributed by atoms with Crippen molar-refractivity contribution in [3.8, 4) is 5.75 Å². The van der Waals surface area contributed by atoms with Crippen LogP contribution in [0.15, 0.2) is 53.1 Å². The number of fused-ring (bicyclic) bond motifs is 1. The van der Waals surface area contributed by atoms with Gasteiger partial charge in [-0.05, 0) is 36.4 Å². The normalized spacial score (nSPS) is 10.5. The van der Waals surface area contributed by atoms with E-state index in [4.69, 9.17) is 14.0 Å². The molecule has 0 aliphatic rings. The number of Topliss-reactive ketones (excluding diaryl/α,β-unsaturated/α-hetero) is 1. The predicted octanol–water partition coefficient (Wildman–Crippen LogP) is 2.81. The smallest absolute Gasteiger partial charge is 0.312 e. The second-order valence-corrected chi connectivity index (χ2v) is 5.11. The van der Waals surface area contributed by atoms with Gasteiger partial charge in [0, 0.05) is 10.9 Å². The van der Waals surface area contributed by atoms with E-state index in [2.05, 4.69) is 5.16 Å². The quantitative estimate of drug-likeness (QED) is 0.512. The Morgan fingerprint density at radius 3 is 2.58 bits per heavy atom. The van der Waals surface area contributed by atoms with Gasteiger partial charge in [-0.1, -0.05) is 17.3 Å². The van der Waals surface area contributed by atoms with E-state index in [0.717, 1.165) is 5.39 Å². The average molecular weight is 325 g/mol. The molecule has 6 nitrogen and oxygen atoms in total. The molecule has 0 saturated carbocycles. The molecule has 2 aromatic carbocycles. The summed E-state index contributed by atoms with van der Waals surface area (Å²) < 4.78 is 15.2. The first kappa shape index (κ1) is 15.7. The lowest BCUT2D eigenvalue weighted by molar-refractivity contribution is -0.141. The second-order valence-electron chi connectivity index (χ2n) is 5.11. The molecule has 0 N–H and O–H groups in total. The van der Waals surface area contributed by atoms with E-state index in [1.807, 2.05) is 18.2 Å². The molecule has 0 radical (unpaired) electrons. The van der Waals surface area contributed by atoms with Gasteiger partial charge in [-0.3, -0.25) is 9.59 Å². The average Bonchev–Trinajstić information content (AvgIpc) is 3.03. The Labute approximate surface area is 138 Å². The summed E-state index contributed by atoms with van der Waals surface area (Å²) in [6.07, 6.45) is -0.0487. The molecule has 1 aromatic heterocycles. The van der Waals surface area contributed by atoms with Crippen molar-refractivity contribution in [2.24, 2.45) is 0 Å². The summed E-state index contributed by atoms with van der Waals surface area (Å²) >= 11 is 0. The number of esters is 1. The van der Waals surface area contributed by atoms with Crippen LogP contribution in [-0.2, 0) is 16.0 Å². The SMILES string of the molecule is COc1ccc(C(=O)COC(=O)Cc2noc3ccccc23)cc1. The molecule has 0 atom stereocenters. The van der Waals surface area contributed by atoms with Crippen LogP contribution in [0.25, 0.3) is 11.0 Å². The van der Waals surface area contributed by atoms with Crippen molar-refractivity contribution in [1.82, 2.24) is 5.16 Å². The van der Waals surface area contributed by atoms with E-state index in [9.17, 15) is 9.59 Å². The maximum absolute atomic E-state index is 12.0. The van der Waals surface area contributed by atoms with Crippen LogP contribution in [0, 0.1) is 0 Å². The Morgan fingerprint density at radius 2 is 1.83 bits per heavy atom. The monoisotopic (exact) mass is 325 g/mol. The Hall–Kier alpha value is -3.15. The number of aromatic nitrogens is 1. The minimum Gasteiger partial charge on any atom is -0.497 e. The zero-order chi connectivity index (χ0) is 16.9. The molecule has 3 rings (SSSR count). The van der Waals surface area contributed by atoms with E-state index in [1.54, 1.807) is 37.4 Å². The van der Waals surface area contributed by atoms with Gasteiger partial charge in [0.25, 0.3) is 0 Å². The minimum absolute atomic E-state index is 0.0487. The van der Waals surface area contributed by atoms with Crippen molar-refractivity contribution >= 4 is 22.7 Å². The zero-order valence-electron chi connectivity index (χ0n) is 13.0. The fraction of sp³-hybridized carbons (Fsp3) is 0.167. The third-order valence-electron chi connectivity index (χ3n) is 3.54. The van der Waals surface area contributed by atoms with E-state index >= 15 is 0 Å². The molecular weight excluding hydrogens is 310 g/mol. The molecule has 24 heavy (non-hydrogen) atoms. The number of carbonyl (C=O) groups is 2. The molecule has 0 aliphatic carbocycles. The second kappa shape index (κ2) is 6.95. The molecule has 0 saturated heterocycles. The Balaban J connectivity index is 1.57. The first-order valence-electron chi connectivity index (χ1n) is 7.33. The van der Waals surface area contributed by atoms with Crippen LogP contribution >= 0.6 is 0 Å². The standard InChI is InChI=1S/C18H15NO5/c1-22-13-8-6-12(7-9-13)16(20)11-23-18(21)10-15-14-4-2-3-5-17(14)24-19-15/h2-9H,10-11H2,1H3. The van der Waals surface area contributed by atoms with Gasteiger partial charge in [0.1, 0.15) is 11.4 Å². The lowest BCUT2D eigenvalue weighted by Crippen LogP contribution is -2.15. The molecule has 0 amide bonds. The molecule has 0 spiro atoms. The lowest BCUT2D eigenvalue weighted by atomic mass is 10.1. The number of para-hydroxylation sites is 1. The molecule has 0 unspecified atom stereocenters. The Bertz CT molecular complexity index is 867. The Morgan fingerprint density at radius 1 is 1.08 bits per heavy atom. The highest BCUT2D eigenvalue weighted by molar-refractivity contribution is 5.98. The van der Waals surface area contributed by atoms with Crippen molar-refractivity contribution in [2.45, 2.75) is 6.42 Å². The number of ether oxygens (including phenoxy) is 2. The van der Waals surface area contributed by atoms with Gasteiger partial charge in [-0.25, -0.2) is 0 Å². The summed E-state index contributed by atoms with van der Waals surface area (Å²) in [4.78, 5) is 23.9. The number of ketones is 1. The van der Waals surface area contributed by atoms with Gasteiger partial charge in [0.2, 0.25) is 0 Å².